The highest BCUT2D eigenvalue weighted by Crippen LogP contribution is 2.26. The minimum Gasteiger partial charge on any atom is -0.384 e. The second-order valence-corrected chi connectivity index (χ2v) is 15.1. The molecule has 46 heavy (non-hydrogen) atoms. The number of nitrogens with zero attached hydrogens (tertiary/aromatic N) is 2. The van der Waals surface area contributed by atoms with Crippen molar-refractivity contribution in [1.82, 2.24) is 0 Å². The Bertz CT molecular complexity index is 974. The third kappa shape index (κ3) is 16.1. The van der Waals surface area contributed by atoms with E-state index in [2.05, 4.69) is 98.2 Å². The molecule has 0 amide bonds. The first-order valence-electron chi connectivity index (χ1n) is 19.1. The zero-order valence-corrected chi connectivity index (χ0v) is 32.1. The van der Waals surface area contributed by atoms with Gasteiger partial charge in [-0.25, -0.2) is 0 Å². The predicted molar refractivity (Wildman–Crippen MR) is 203 cm³/mol. The fourth-order valence-electron chi connectivity index (χ4n) is 6.18. The molecule has 2 unspecified atom stereocenters. The van der Waals surface area contributed by atoms with Crippen molar-refractivity contribution in [2.24, 2.45) is 0 Å². The van der Waals surface area contributed by atoms with Crippen LogP contribution in [0.3, 0.4) is 0 Å². The lowest BCUT2D eigenvalue weighted by Crippen LogP contribution is -2.36. The van der Waals surface area contributed by atoms with E-state index in [0.717, 1.165) is 25.9 Å². The molecule has 2 heterocycles. The van der Waals surface area contributed by atoms with E-state index in [-0.39, 0.29) is 11.0 Å². The lowest BCUT2D eigenvalue weighted by molar-refractivity contribution is -0.703. The number of alkyl halides is 2. The van der Waals surface area contributed by atoms with Gasteiger partial charge in [0.2, 0.25) is 11.0 Å². The molecule has 0 radical (unpaired) electrons. The van der Waals surface area contributed by atoms with Crippen LogP contribution in [0.1, 0.15) is 191 Å². The van der Waals surface area contributed by atoms with E-state index in [0.29, 0.717) is 11.8 Å². The molecule has 0 fully saturated rings. The first-order chi connectivity index (χ1) is 22.3. The summed E-state index contributed by atoms with van der Waals surface area (Å²) < 4.78 is 4.43. The molecule has 2 aromatic rings. The summed E-state index contributed by atoms with van der Waals surface area (Å²) in [6.07, 6.45) is 31.3. The Balaban J connectivity index is 1.61. The van der Waals surface area contributed by atoms with Crippen LogP contribution < -0.4 is 19.8 Å². The van der Waals surface area contributed by atoms with Gasteiger partial charge in [0.25, 0.3) is 0 Å². The Kier molecular flexibility index (Phi) is 21.7. The summed E-state index contributed by atoms with van der Waals surface area (Å²) in [6.45, 7) is 15.7. The second-order valence-electron chi connectivity index (χ2n) is 14.1. The number of rotatable bonds is 27. The van der Waals surface area contributed by atoms with E-state index < -0.39 is 0 Å². The Morgan fingerprint density at radius 1 is 0.522 bits per heavy atom. The summed E-state index contributed by atoms with van der Waals surface area (Å²) in [4.78, 5) is 0. The van der Waals surface area contributed by atoms with Crippen LogP contribution in [-0.4, -0.2) is 13.1 Å². The van der Waals surface area contributed by atoms with E-state index in [1.54, 1.807) is 0 Å². The smallest absolute Gasteiger partial charge is 0.232 e. The van der Waals surface area contributed by atoms with Crippen molar-refractivity contribution in [3.05, 3.63) is 48.0 Å². The highest BCUT2D eigenvalue weighted by atomic mass is 35.5. The Labute approximate surface area is 294 Å². The quantitative estimate of drug-likeness (QED) is 0.0560. The fraction of sp³-hybridized carbons (Fsp3) is 0.750. The molecule has 0 aliphatic carbocycles. The van der Waals surface area contributed by atoms with Crippen LogP contribution in [0.15, 0.2) is 36.9 Å². The Morgan fingerprint density at radius 3 is 1.22 bits per heavy atom. The normalized spacial score (nSPS) is 13.0. The lowest BCUT2D eigenvalue weighted by Gasteiger charge is -2.15. The number of hydrogen-bond acceptors (Lipinski definition) is 2. The van der Waals surface area contributed by atoms with E-state index in [4.69, 9.17) is 23.2 Å². The number of halogens is 2. The molecule has 4 nitrogen and oxygen atoms in total. The number of nitrogens with one attached hydrogen (secondary N) is 2. The molecule has 2 rings (SSSR count). The van der Waals surface area contributed by atoms with Crippen LogP contribution in [0.5, 0.6) is 0 Å². The van der Waals surface area contributed by atoms with Gasteiger partial charge in [-0.15, -0.1) is 0 Å². The van der Waals surface area contributed by atoms with Gasteiger partial charge in [-0.3, -0.25) is 0 Å². The summed E-state index contributed by atoms with van der Waals surface area (Å²) in [5.74, 6) is 0.945. The van der Waals surface area contributed by atoms with Crippen LogP contribution >= 0.6 is 23.2 Å². The maximum Gasteiger partial charge on any atom is 0.232 e. The zero-order chi connectivity index (χ0) is 33.6. The SMILES string of the molecule is CCCCCCNc1cc[n+](C(Cl)CCCCCCCCCCC(Cl)[n+]2ccc(NCCCCCC)c(C(C)C)c2)cc1C(C)C. The largest absolute Gasteiger partial charge is 0.384 e. The van der Waals surface area contributed by atoms with Crippen molar-refractivity contribution < 1.29 is 9.13 Å². The molecule has 0 bridgehead atoms. The first-order valence-corrected chi connectivity index (χ1v) is 20.0. The third-order valence-electron chi connectivity index (χ3n) is 9.24. The topological polar surface area (TPSA) is 31.8 Å². The molecule has 0 saturated heterocycles. The van der Waals surface area contributed by atoms with Gasteiger partial charge in [0.1, 0.15) is 0 Å². The van der Waals surface area contributed by atoms with Crippen LogP contribution in [-0.2, 0) is 0 Å². The molecule has 0 aromatic carbocycles. The van der Waals surface area contributed by atoms with Crippen LogP contribution in [0, 0.1) is 0 Å². The van der Waals surface area contributed by atoms with Crippen molar-refractivity contribution in [3.63, 3.8) is 0 Å². The highest BCUT2D eigenvalue weighted by molar-refractivity contribution is 6.18. The van der Waals surface area contributed by atoms with Crippen LogP contribution in [0.4, 0.5) is 11.4 Å². The van der Waals surface area contributed by atoms with Crippen molar-refractivity contribution in [3.8, 4) is 0 Å². The maximum absolute atomic E-state index is 6.86. The van der Waals surface area contributed by atoms with Gasteiger partial charge in [-0.1, -0.05) is 119 Å². The lowest BCUT2D eigenvalue weighted by atomic mass is 10.0. The molecule has 0 aliphatic rings. The Morgan fingerprint density at radius 2 is 0.870 bits per heavy atom. The number of anilines is 2. The third-order valence-corrected chi connectivity index (χ3v) is 10.1. The second kappa shape index (κ2) is 24.6. The van der Waals surface area contributed by atoms with Gasteiger partial charge < -0.3 is 10.6 Å². The van der Waals surface area contributed by atoms with Gasteiger partial charge in [0.15, 0.2) is 24.8 Å². The molecule has 2 atom stereocenters. The molecule has 0 spiro atoms. The predicted octanol–water partition coefficient (Wildman–Crippen LogP) is 12.6. The van der Waals surface area contributed by atoms with Crippen LogP contribution in [0.25, 0.3) is 0 Å². The van der Waals surface area contributed by atoms with Crippen molar-refractivity contribution in [1.29, 1.82) is 0 Å². The summed E-state index contributed by atoms with van der Waals surface area (Å²) in [5, 5.41) is 7.34. The summed E-state index contributed by atoms with van der Waals surface area (Å²) in [7, 11) is 0. The number of hydrogen-bond donors (Lipinski definition) is 2. The Hall–Kier alpha value is -1.52. The molecular formula is C40H70Cl2N4+2. The zero-order valence-electron chi connectivity index (χ0n) is 30.6. The monoisotopic (exact) mass is 676 g/mol. The summed E-state index contributed by atoms with van der Waals surface area (Å²) >= 11 is 13.7. The molecule has 6 heteroatoms. The fourth-order valence-corrected chi connectivity index (χ4v) is 6.74. The van der Waals surface area contributed by atoms with Crippen molar-refractivity contribution >= 4 is 34.6 Å². The molecular weight excluding hydrogens is 607 g/mol. The summed E-state index contributed by atoms with van der Waals surface area (Å²) in [5.41, 5.74) is 5.31. The van der Waals surface area contributed by atoms with Gasteiger partial charge in [0.05, 0.1) is 0 Å². The molecule has 0 aliphatic heterocycles. The number of unbranched alkanes of at least 4 members (excludes halogenated alkanes) is 13. The minimum absolute atomic E-state index is 0.0251. The van der Waals surface area contributed by atoms with E-state index in [1.807, 2.05) is 0 Å². The number of aromatic nitrogens is 2. The molecule has 0 saturated carbocycles. The molecule has 262 valence electrons. The van der Waals surface area contributed by atoms with E-state index in [9.17, 15) is 0 Å². The highest BCUT2D eigenvalue weighted by Gasteiger charge is 2.20. The van der Waals surface area contributed by atoms with Crippen LogP contribution in [0.2, 0.25) is 0 Å². The van der Waals surface area contributed by atoms with Crippen molar-refractivity contribution in [2.75, 3.05) is 23.7 Å². The van der Waals surface area contributed by atoms with Gasteiger partial charge >= 0.3 is 0 Å². The van der Waals surface area contributed by atoms with E-state index >= 15 is 0 Å². The molecule has 2 aromatic heterocycles. The summed E-state index contributed by atoms with van der Waals surface area (Å²) in [6, 6.07) is 4.45. The number of pyridine rings is 2. The van der Waals surface area contributed by atoms with Gasteiger partial charge in [-0.2, -0.15) is 9.13 Å². The van der Waals surface area contributed by atoms with Crippen molar-refractivity contribution in [2.45, 2.75) is 180 Å². The van der Waals surface area contributed by atoms with E-state index in [1.165, 1.54) is 125 Å². The average Bonchev–Trinajstić information content (AvgIpc) is 3.05. The maximum atomic E-state index is 6.86. The minimum atomic E-state index is 0.0251. The first kappa shape index (κ1) is 40.7. The van der Waals surface area contributed by atoms with Gasteiger partial charge in [0, 0.05) is 60.6 Å². The standard InChI is InChI=1S/C40H68Cl2N4/c1-7-9-11-21-27-43-37-25-29-45(31-35(37)33(3)4)39(41)23-19-17-15-13-14-16-18-20-24-40(42)46-30-26-38(36(32-46)34(5)6)44-28-22-12-10-8-2/h25-26,29-34,39-40H,7-24,27-28H2,1-6H3/p+2. The molecule has 2 N–H and O–H groups in total. The average molecular weight is 678 g/mol. The van der Waals surface area contributed by atoms with Gasteiger partial charge in [-0.05, 0) is 60.7 Å².